The van der Waals surface area contributed by atoms with Gasteiger partial charge in [-0.1, -0.05) is 6.07 Å². The minimum atomic E-state index is -3.10. The monoisotopic (exact) mass is 366 g/mol. The lowest BCUT2D eigenvalue weighted by atomic mass is 9.98. The Kier molecular flexibility index (Phi) is 5.58. The number of piperidine rings is 1. The van der Waals surface area contributed by atoms with Crippen LogP contribution in [-0.2, 0) is 16.6 Å². The smallest absolute Gasteiger partial charge is 0.318 e. The van der Waals surface area contributed by atoms with Crippen molar-refractivity contribution in [2.45, 2.75) is 38.3 Å². The molecule has 7 nitrogen and oxygen atoms in total. The molecule has 1 aromatic rings. The maximum atomic E-state index is 12.6. The van der Waals surface area contributed by atoms with Crippen LogP contribution in [0.3, 0.4) is 0 Å². The predicted molar refractivity (Wildman–Crippen MR) is 95.3 cm³/mol. The summed E-state index contributed by atoms with van der Waals surface area (Å²) in [6.45, 7) is 2.21. The van der Waals surface area contributed by atoms with Crippen LogP contribution in [0.4, 0.5) is 4.79 Å². The average molecular weight is 366 g/mol. The van der Waals surface area contributed by atoms with Crippen LogP contribution >= 0.6 is 0 Å². The molecular formula is C17H26N4O3S. The Bertz CT molecular complexity index is 683. The van der Waals surface area contributed by atoms with E-state index in [2.05, 4.69) is 10.3 Å². The summed E-state index contributed by atoms with van der Waals surface area (Å²) in [5.41, 5.74) is 0.894. The molecule has 2 aliphatic rings. The van der Waals surface area contributed by atoms with Crippen molar-refractivity contribution in [1.29, 1.82) is 0 Å². The van der Waals surface area contributed by atoms with Crippen molar-refractivity contribution in [1.82, 2.24) is 19.5 Å². The van der Waals surface area contributed by atoms with Gasteiger partial charge in [0.1, 0.15) is 0 Å². The molecule has 0 unspecified atom stereocenters. The van der Waals surface area contributed by atoms with Crippen molar-refractivity contribution >= 4 is 16.1 Å². The number of amides is 2. The molecule has 1 saturated heterocycles. The molecule has 1 saturated carbocycles. The number of aromatic nitrogens is 1. The molecule has 0 atom stereocenters. The van der Waals surface area contributed by atoms with Crippen LogP contribution in [0, 0.1) is 5.92 Å². The molecule has 138 valence electrons. The van der Waals surface area contributed by atoms with Gasteiger partial charge >= 0.3 is 6.03 Å². The highest BCUT2D eigenvalue weighted by Gasteiger charge is 2.33. The summed E-state index contributed by atoms with van der Waals surface area (Å²) in [4.78, 5) is 18.8. The Morgan fingerprint density at radius 2 is 2.00 bits per heavy atom. The van der Waals surface area contributed by atoms with E-state index < -0.39 is 10.0 Å². The molecule has 0 radical (unpaired) electrons. The first-order valence-electron chi connectivity index (χ1n) is 8.83. The quantitative estimate of drug-likeness (QED) is 0.826. The summed E-state index contributed by atoms with van der Waals surface area (Å²) in [7, 11) is -3.10. The highest BCUT2D eigenvalue weighted by molar-refractivity contribution is 7.88. The minimum absolute atomic E-state index is 0.0429. The highest BCUT2D eigenvalue weighted by Crippen LogP contribution is 2.28. The SMILES string of the molecule is CS(=O)(=O)N1CCC(CNC(=O)N(Cc2ccccn2)C2CC2)CC1. The fourth-order valence-electron chi connectivity index (χ4n) is 3.20. The van der Waals surface area contributed by atoms with E-state index in [0.29, 0.717) is 38.1 Å². The molecule has 1 aliphatic heterocycles. The molecule has 25 heavy (non-hydrogen) atoms. The van der Waals surface area contributed by atoms with E-state index in [-0.39, 0.29) is 6.03 Å². The van der Waals surface area contributed by atoms with E-state index in [1.165, 1.54) is 10.6 Å². The van der Waals surface area contributed by atoms with Crippen molar-refractivity contribution in [2.75, 3.05) is 25.9 Å². The molecule has 3 rings (SSSR count). The van der Waals surface area contributed by atoms with Gasteiger partial charge in [0.05, 0.1) is 18.5 Å². The largest absolute Gasteiger partial charge is 0.338 e. The molecular weight excluding hydrogens is 340 g/mol. The fourth-order valence-corrected chi connectivity index (χ4v) is 4.07. The first-order chi connectivity index (χ1) is 11.9. The average Bonchev–Trinajstić information content (AvgIpc) is 3.43. The van der Waals surface area contributed by atoms with Gasteiger partial charge in [0.25, 0.3) is 0 Å². The third-order valence-electron chi connectivity index (χ3n) is 4.89. The highest BCUT2D eigenvalue weighted by atomic mass is 32.2. The zero-order valence-corrected chi connectivity index (χ0v) is 15.4. The zero-order valence-electron chi connectivity index (χ0n) is 14.6. The van der Waals surface area contributed by atoms with Gasteiger partial charge in [-0.15, -0.1) is 0 Å². The third-order valence-corrected chi connectivity index (χ3v) is 6.19. The Balaban J connectivity index is 1.48. The number of hydrogen-bond acceptors (Lipinski definition) is 4. The second-order valence-corrected chi connectivity index (χ2v) is 8.95. The van der Waals surface area contributed by atoms with Gasteiger partial charge in [-0.25, -0.2) is 17.5 Å². The minimum Gasteiger partial charge on any atom is -0.338 e. The van der Waals surface area contributed by atoms with Crippen LogP contribution in [-0.4, -0.2) is 60.6 Å². The van der Waals surface area contributed by atoms with Crippen molar-refractivity contribution in [3.05, 3.63) is 30.1 Å². The summed E-state index contributed by atoms with van der Waals surface area (Å²) >= 11 is 0. The Labute approximate surface area is 149 Å². The van der Waals surface area contributed by atoms with Crippen molar-refractivity contribution in [2.24, 2.45) is 5.92 Å². The van der Waals surface area contributed by atoms with E-state index in [9.17, 15) is 13.2 Å². The van der Waals surface area contributed by atoms with Crippen LogP contribution in [0.5, 0.6) is 0 Å². The number of pyridine rings is 1. The Morgan fingerprint density at radius 1 is 1.28 bits per heavy atom. The number of nitrogens with zero attached hydrogens (tertiary/aromatic N) is 3. The van der Waals surface area contributed by atoms with Gasteiger partial charge < -0.3 is 10.2 Å². The second-order valence-electron chi connectivity index (χ2n) is 6.97. The summed E-state index contributed by atoms with van der Waals surface area (Å²) < 4.78 is 24.6. The van der Waals surface area contributed by atoms with Crippen molar-refractivity contribution < 1.29 is 13.2 Å². The van der Waals surface area contributed by atoms with Crippen LogP contribution in [0.15, 0.2) is 24.4 Å². The van der Waals surface area contributed by atoms with Gasteiger partial charge in [-0.2, -0.15) is 0 Å². The molecule has 2 heterocycles. The predicted octanol–water partition coefficient (Wildman–Crippen LogP) is 1.43. The molecule has 1 N–H and O–H groups in total. The number of nitrogens with one attached hydrogen (secondary N) is 1. The van der Waals surface area contributed by atoms with E-state index in [4.69, 9.17) is 0 Å². The molecule has 0 aromatic carbocycles. The summed E-state index contributed by atoms with van der Waals surface area (Å²) in [5, 5.41) is 3.04. The first-order valence-corrected chi connectivity index (χ1v) is 10.7. The third kappa shape index (κ3) is 5.15. The second kappa shape index (κ2) is 7.70. The normalized spacial score (nSPS) is 19.6. The lowest BCUT2D eigenvalue weighted by Gasteiger charge is -2.31. The van der Waals surface area contributed by atoms with E-state index in [1.54, 1.807) is 6.20 Å². The van der Waals surface area contributed by atoms with Gasteiger partial charge in [-0.05, 0) is 43.7 Å². The lowest BCUT2D eigenvalue weighted by Crippen LogP contribution is -2.45. The molecule has 0 spiro atoms. The maximum absolute atomic E-state index is 12.6. The Morgan fingerprint density at radius 3 is 2.56 bits per heavy atom. The number of hydrogen-bond donors (Lipinski definition) is 1. The van der Waals surface area contributed by atoms with Gasteiger partial charge in [0.15, 0.2) is 0 Å². The van der Waals surface area contributed by atoms with Gasteiger partial charge in [0.2, 0.25) is 10.0 Å². The molecule has 1 aliphatic carbocycles. The fraction of sp³-hybridized carbons (Fsp3) is 0.647. The van der Waals surface area contributed by atoms with E-state index >= 15 is 0 Å². The number of carbonyl (C=O) groups is 1. The Hall–Kier alpha value is -1.67. The van der Waals surface area contributed by atoms with Gasteiger partial charge in [-0.3, -0.25) is 4.98 Å². The lowest BCUT2D eigenvalue weighted by molar-refractivity contribution is 0.185. The number of rotatable bonds is 6. The molecule has 2 fully saturated rings. The number of sulfonamides is 1. The zero-order chi connectivity index (χ0) is 17.9. The van der Waals surface area contributed by atoms with Crippen molar-refractivity contribution in [3.63, 3.8) is 0 Å². The van der Waals surface area contributed by atoms with E-state index in [0.717, 1.165) is 31.4 Å². The number of urea groups is 1. The van der Waals surface area contributed by atoms with Gasteiger partial charge in [0, 0.05) is 31.9 Å². The topological polar surface area (TPSA) is 82.6 Å². The summed E-state index contributed by atoms with van der Waals surface area (Å²) in [5.74, 6) is 0.331. The van der Waals surface area contributed by atoms with Crippen molar-refractivity contribution in [3.8, 4) is 0 Å². The maximum Gasteiger partial charge on any atom is 0.318 e. The summed E-state index contributed by atoms with van der Waals surface area (Å²) in [6, 6.07) is 6.01. The van der Waals surface area contributed by atoms with Crippen LogP contribution in [0.1, 0.15) is 31.4 Å². The number of carbonyl (C=O) groups excluding carboxylic acids is 1. The van der Waals surface area contributed by atoms with E-state index in [1.807, 2.05) is 23.1 Å². The first kappa shape index (κ1) is 18.1. The summed E-state index contributed by atoms with van der Waals surface area (Å²) in [6.07, 6.45) is 6.67. The van der Waals surface area contributed by atoms with Crippen LogP contribution in [0.2, 0.25) is 0 Å². The molecule has 2 amide bonds. The van der Waals surface area contributed by atoms with Crippen LogP contribution in [0.25, 0.3) is 0 Å². The molecule has 1 aromatic heterocycles. The molecule has 8 heteroatoms. The standard InChI is InChI=1S/C17H26N4O3S/c1-25(23,24)20-10-7-14(8-11-20)12-19-17(22)21(16-5-6-16)13-15-4-2-3-9-18-15/h2-4,9,14,16H,5-8,10-13H2,1H3,(H,19,22). The van der Waals surface area contributed by atoms with Crippen LogP contribution < -0.4 is 5.32 Å². The molecule has 0 bridgehead atoms.